The van der Waals surface area contributed by atoms with Crippen LogP contribution in [0.15, 0.2) is 10.7 Å². The molecule has 0 aromatic carbocycles. The van der Waals surface area contributed by atoms with Crippen molar-refractivity contribution in [1.29, 1.82) is 0 Å². The van der Waals surface area contributed by atoms with Gasteiger partial charge >= 0.3 is 0 Å². The third-order valence-electron chi connectivity index (χ3n) is 2.49. The molecule has 16 heavy (non-hydrogen) atoms. The molecule has 0 radical (unpaired) electrons. The molecule has 92 valence electrons. The van der Waals surface area contributed by atoms with E-state index in [1.54, 1.807) is 39.1 Å². The Morgan fingerprint density at radius 1 is 1.56 bits per heavy atom. The summed E-state index contributed by atoms with van der Waals surface area (Å²) >= 11 is 3.36. The Labute approximate surface area is 103 Å². The van der Waals surface area contributed by atoms with Crippen molar-refractivity contribution >= 4 is 15.9 Å². The Morgan fingerprint density at radius 2 is 2.12 bits per heavy atom. The fourth-order valence-corrected chi connectivity index (χ4v) is 2.48. The van der Waals surface area contributed by atoms with Crippen LogP contribution < -0.4 is 0 Å². The summed E-state index contributed by atoms with van der Waals surface area (Å²) in [5.41, 5.74) is -0.368. The molecule has 1 N–H and O–H groups in total. The summed E-state index contributed by atoms with van der Waals surface area (Å²) in [6.07, 6.45) is 1.54. The zero-order chi connectivity index (χ0) is 12.3. The molecule has 0 saturated heterocycles. The minimum atomic E-state index is -1.07. The maximum atomic E-state index is 10.4. The molecule has 1 heterocycles. The molecule has 0 amide bonds. The molecule has 0 aliphatic rings. The number of nitrogens with zero attached hydrogens (tertiary/aromatic N) is 2. The highest BCUT2D eigenvalue weighted by Crippen LogP contribution is 2.31. The number of methoxy groups -OCH3 is 2. The highest BCUT2D eigenvalue weighted by atomic mass is 79.9. The van der Waals surface area contributed by atoms with E-state index in [2.05, 4.69) is 21.0 Å². The molecule has 1 aromatic heterocycles. The third-order valence-corrected chi connectivity index (χ3v) is 3.07. The largest absolute Gasteiger partial charge is 0.384 e. The molecule has 0 aliphatic heterocycles. The average Bonchev–Trinajstić information content (AvgIpc) is 2.55. The molecular formula is C10H17BrN2O3. The summed E-state index contributed by atoms with van der Waals surface area (Å²) in [4.78, 5) is 0. The van der Waals surface area contributed by atoms with Crippen LogP contribution >= 0.6 is 15.9 Å². The number of aliphatic hydroxyl groups is 1. The van der Waals surface area contributed by atoms with Crippen molar-refractivity contribution in [3.8, 4) is 0 Å². The third kappa shape index (κ3) is 2.82. The van der Waals surface area contributed by atoms with Crippen LogP contribution in [0.25, 0.3) is 0 Å². The van der Waals surface area contributed by atoms with Gasteiger partial charge in [-0.15, -0.1) is 0 Å². The molecule has 0 fully saturated rings. The van der Waals surface area contributed by atoms with Crippen molar-refractivity contribution in [1.82, 2.24) is 9.78 Å². The lowest BCUT2D eigenvalue weighted by molar-refractivity contribution is -0.143. The van der Waals surface area contributed by atoms with Gasteiger partial charge in [0.15, 0.2) is 6.29 Å². The van der Waals surface area contributed by atoms with Crippen molar-refractivity contribution in [3.05, 3.63) is 16.4 Å². The smallest absolute Gasteiger partial charge is 0.159 e. The SMILES string of the molecule is COC(CC(C)(O)c1c(Br)cnn1C)OC. The Kier molecular flexibility index (Phi) is 4.49. The van der Waals surface area contributed by atoms with Gasteiger partial charge in [-0.2, -0.15) is 5.10 Å². The molecule has 1 atom stereocenters. The van der Waals surface area contributed by atoms with Crippen LogP contribution in [-0.4, -0.2) is 35.4 Å². The second-order valence-electron chi connectivity index (χ2n) is 3.84. The standard InChI is InChI=1S/C10H17BrN2O3/c1-10(14,5-8(15-3)16-4)9-7(11)6-12-13(9)2/h6,8,14H,5H2,1-4H3. The van der Waals surface area contributed by atoms with Crippen molar-refractivity contribution in [2.24, 2.45) is 7.05 Å². The van der Waals surface area contributed by atoms with Crippen molar-refractivity contribution in [2.45, 2.75) is 25.2 Å². The first-order valence-corrected chi connectivity index (χ1v) is 5.67. The first-order chi connectivity index (χ1) is 7.42. The molecule has 0 bridgehead atoms. The van der Waals surface area contributed by atoms with Crippen molar-refractivity contribution in [3.63, 3.8) is 0 Å². The van der Waals surface area contributed by atoms with Crippen LogP contribution in [0.2, 0.25) is 0 Å². The van der Waals surface area contributed by atoms with E-state index in [9.17, 15) is 5.11 Å². The van der Waals surface area contributed by atoms with E-state index in [0.29, 0.717) is 12.1 Å². The second kappa shape index (κ2) is 5.27. The molecule has 1 rings (SSSR count). The topological polar surface area (TPSA) is 56.5 Å². The van der Waals surface area contributed by atoms with Crippen LogP contribution in [0.4, 0.5) is 0 Å². The van der Waals surface area contributed by atoms with E-state index in [4.69, 9.17) is 9.47 Å². The minimum absolute atomic E-state index is 0.331. The summed E-state index contributed by atoms with van der Waals surface area (Å²) in [5.74, 6) is 0. The second-order valence-corrected chi connectivity index (χ2v) is 4.70. The zero-order valence-electron chi connectivity index (χ0n) is 9.90. The molecule has 0 aliphatic carbocycles. The molecule has 5 nitrogen and oxygen atoms in total. The predicted molar refractivity (Wildman–Crippen MR) is 62.9 cm³/mol. The van der Waals surface area contributed by atoms with Crippen LogP contribution in [-0.2, 0) is 22.1 Å². The van der Waals surface area contributed by atoms with Crippen molar-refractivity contribution in [2.75, 3.05) is 14.2 Å². The van der Waals surface area contributed by atoms with Gasteiger partial charge in [-0.3, -0.25) is 4.68 Å². The van der Waals surface area contributed by atoms with Gasteiger partial charge in [-0.05, 0) is 22.9 Å². The summed E-state index contributed by atoms with van der Waals surface area (Å²) in [6.45, 7) is 1.71. The van der Waals surface area contributed by atoms with Crippen LogP contribution in [0.3, 0.4) is 0 Å². The van der Waals surface area contributed by atoms with Gasteiger partial charge in [0.05, 0.1) is 16.4 Å². The molecular weight excluding hydrogens is 276 g/mol. The van der Waals surface area contributed by atoms with Gasteiger partial charge in [-0.1, -0.05) is 0 Å². The number of hydrogen-bond donors (Lipinski definition) is 1. The molecule has 6 heteroatoms. The summed E-state index contributed by atoms with van der Waals surface area (Å²) < 4.78 is 12.6. The average molecular weight is 293 g/mol. The van der Waals surface area contributed by atoms with Gasteiger partial charge in [0, 0.05) is 27.7 Å². The van der Waals surface area contributed by atoms with Gasteiger partial charge in [0.25, 0.3) is 0 Å². The molecule has 1 aromatic rings. The summed E-state index contributed by atoms with van der Waals surface area (Å²) in [6, 6.07) is 0. The van der Waals surface area contributed by atoms with Gasteiger partial charge < -0.3 is 14.6 Å². The fourth-order valence-electron chi connectivity index (χ4n) is 1.70. The maximum absolute atomic E-state index is 10.4. The van der Waals surface area contributed by atoms with E-state index in [1.807, 2.05) is 0 Å². The maximum Gasteiger partial charge on any atom is 0.159 e. The normalized spacial score (nSPS) is 15.4. The zero-order valence-corrected chi connectivity index (χ0v) is 11.5. The van der Waals surface area contributed by atoms with Gasteiger partial charge in [0.2, 0.25) is 0 Å². The van der Waals surface area contributed by atoms with E-state index in [1.165, 1.54) is 0 Å². The number of aryl methyl sites for hydroxylation is 1. The fraction of sp³-hybridized carbons (Fsp3) is 0.700. The van der Waals surface area contributed by atoms with Crippen LogP contribution in [0, 0.1) is 0 Å². The highest BCUT2D eigenvalue weighted by Gasteiger charge is 2.32. The number of aromatic nitrogens is 2. The number of ether oxygens (including phenoxy) is 2. The Bertz CT molecular complexity index is 328. The monoisotopic (exact) mass is 292 g/mol. The highest BCUT2D eigenvalue weighted by molar-refractivity contribution is 9.10. The van der Waals surface area contributed by atoms with Gasteiger partial charge in [-0.25, -0.2) is 0 Å². The quantitative estimate of drug-likeness (QED) is 0.834. The first kappa shape index (κ1) is 13.6. The Balaban J connectivity index is 2.93. The summed E-state index contributed by atoms with van der Waals surface area (Å²) in [5, 5.41) is 14.5. The lowest BCUT2D eigenvalue weighted by Crippen LogP contribution is -2.32. The lowest BCUT2D eigenvalue weighted by atomic mass is 9.97. The number of rotatable bonds is 5. The van der Waals surface area contributed by atoms with E-state index in [-0.39, 0.29) is 0 Å². The number of halogens is 1. The molecule has 0 spiro atoms. The van der Waals surface area contributed by atoms with E-state index < -0.39 is 11.9 Å². The van der Waals surface area contributed by atoms with Gasteiger partial charge in [0.1, 0.15) is 5.60 Å². The Hall–Kier alpha value is -0.430. The van der Waals surface area contributed by atoms with Crippen LogP contribution in [0.1, 0.15) is 19.0 Å². The first-order valence-electron chi connectivity index (χ1n) is 4.88. The van der Waals surface area contributed by atoms with E-state index in [0.717, 1.165) is 4.47 Å². The predicted octanol–water partition coefficient (Wildman–Crippen LogP) is 1.40. The number of hydrogen-bond acceptors (Lipinski definition) is 4. The van der Waals surface area contributed by atoms with Crippen LogP contribution in [0.5, 0.6) is 0 Å². The van der Waals surface area contributed by atoms with E-state index >= 15 is 0 Å². The molecule has 0 saturated carbocycles. The minimum Gasteiger partial charge on any atom is -0.384 e. The lowest BCUT2D eigenvalue weighted by Gasteiger charge is -2.27. The summed E-state index contributed by atoms with van der Waals surface area (Å²) in [7, 11) is 4.87. The Morgan fingerprint density at radius 3 is 2.50 bits per heavy atom. The van der Waals surface area contributed by atoms with Crippen molar-refractivity contribution < 1.29 is 14.6 Å². The molecule has 1 unspecified atom stereocenters.